The van der Waals surface area contributed by atoms with Gasteiger partial charge in [-0.15, -0.1) is 0 Å². The lowest BCUT2D eigenvalue weighted by molar-refractivity contribution is -0.136. The molecule has 1 unspecified atom stereocenters. The minimum Gasteiger partial charge on any atom is -0.495 e. The SMILES string of the molecule is COc1ccc(C)cc1NC(=O)C(=O)NCC(c1cccc2ccccc12)N1CCOCC1. The molecule has 7 heteroatoms. The van der Waals surface area contributed by atoms with Gasteiger partial charge >= 0.3 is 11.8 Å². The van der Waals surface area contributed by atoms with E-state index < -0.39 is 11.8 Å². The van der Waals surface area contributed by atoms with Crippen molar-refractivity contribution in [3.63, 3.8) is 0 Å². The van der Waals surface area contributed by atoms with Crippen molar-refractivity contribution in [1.29, 1.82) is 0 Å². The fraction of sp³-hybridized carbons (Fsp3) is 0.308. The molecule has 1 atom stereocenters. The number of hydrogen-bond acceptors (Lipinski definition) is 5. The van der Waals surface area contributed by atoms with E-state index in [4.69, 9.17) is 9.47 Å². The first-order valence-corrected chi connectivity index (χ1v) is 11.1. The number of carbonyl (C=O) groups is 2. The first-order valence-electron chi connectivity index (χ1n) is 11.1. The molecule has 0 saturated carbocycles. The van der Waals surface area contributed by atoms with E-state index in [1.807, 2.05) is 31.2 Å². The Labute approximate surface area is 193 Å². The van der Waals surface area contributed by atoms with Gasteiger partial charge in [0.25, 0.3) is 0 Å². The highest BCUT2D eigenvalue weighted by atomic mass is 16.5. The van der Waals surface area contributed by atoms with E-state index in [1.54, 1.807) is 12.1 Å². The van der Waals surface area contributed by atoms with Crippen LogP contribution in [0, 0.1) is 6.92 Å². The van der Waals surface area contributed by atoms with Crippen LogP contribution < -0.4 is 15.4 Å². The number of fused-ring (bicyclic) bond motifs is 1. The molecule has 3 aromatic carbocycles. The summed E-state index contributed by atoms with van der Waals surface area (Å²) in [7, 11) is 1.53. The van der Waals surface area contributed by atoms with E-state index in [1.165, 1.54) is 7.11 Å². The van der Waals surface area contributed by atoms with Crippen LogP contribution >= 0.6 is 0 Å². The van der Waals surface area contributed by atoms with Gasteiger partial charge in [0.05, 0.1) is 32.1 Å². The third kappa shape index (κ3) is 5.32. The lowest BCUT2D eigenvalue weighted by atomic mass is 9.97. The molecule has 0 bridgehead atoms. The molecular formula is C26H29N3O4. The summed E-state index contributed by atoms with van der Waals surface area (Å²) in [6.45, 7) is 5.02. The first kappa shape index (κ1) is 22.8. The van der Waals surface area contributed by atoms with Crippen LogP contribution in [0.25, 0.3) is 10.8 Å². The summed E-state index contributed by atoms with van der Waals surface area (Å²) in [5, 5.41) is 7.79. The Hall–Kier alpha value is -3.42. The van der Waals surface area contributed by atoms with Crippen molar-refractivity contribution in [2.24, 2.45) is 0 Å². The maximum absolute atomic E-state index is 12.7. The van der Waals surface area contributed by atoms with Crippen LogP contribution in [-0.4, -0.2) is 56.7 Å². The molecule has 1 saturated heterocycles. The zero-order valence-electron chi connectivity index (χ0n) is 19.0. The maximum atomic E-state index is 12.7. The van der Waals surface area contributed by atoms with Gasteiger partial charge < -0.3 is 20.1 Å². The van der Waals surface area contributed by atoms with Crippen molar-refractivity contribution in [2.45, 2.75) is 13.0 Å². The fourth-order valence-corrected chi connectivity index (χ4v) is 4.23. The molecule has 0 spiro atoms. The van der Waals surface area contributed by atoms with Gasteiger partial charge in [0.15, 0.2) is 0 Å². The van der Waals surface area contributed by atoms with Crippen molar-refractivity contribution in [1.82, 2.24) is 10.2 Å². The third-order valence-electron chi connectivity index (χ3n) is 5.93. The zero-order valence-corrected chi connectivity index (χ0v) is 19.0. The molecule has 0 aromatic heterocycles. The normalized spacial score (nSPS) is 15.1. The number of rotatable bonds is 6. The van der Waals surface area contributed by atoms with E-state index >= 15 is 0 Å². The summed E-state index contributed by atoms with van der Waals surface area (Å²) >= 11 is 0. The molecule has 1 aliphatic heterocycles. The Bertz CT molecular complexity index is 1140. The standard InChI is InChI=1S/C26H29N3O4/c1-18-10-11-24(32-2)22(16-18)28-26(31)25(30)27-17-23(29-12-14-33-15-13-29)21-9-5-7-19-6-3-4-8-20(19)21/h3-11,16,23H,12-15,17H2,1-2H3,(H,27,30)(H,28,31). The highest BCUT2D eigenvalue weighted by molar-refractivity contribution is 6.39. The van der Waals surface area contributed by atoms with Gasteiger partial charge in [-0.2, -0.15) is 0 Å². The number of aryl methyl sites for hydroxylation is 1. The molecule has 1 fully saturated rings. The molecule has 0 radical (unpaired) electrons. The van der Waals surface area contributed by atoms with Crippen LogP contribution in [0.15, 0.2) is 60.7 Å². The first-order chi connectivity index (χ1) is 16.1. The number of amides is 2. The summed E-state index contributed by atoms with van der Waals surface area (Å²) in [6.07, 6.45) is 0. The van der Waals surface area contributed by atoms with Crippen molar-refractivity contribution >= 4 is 28.3 Å². The van der Waals surface area contributed by atoms with Gasteiger partial charge in [-0.25, -0.2) is 0 Å². The summed E-state index contributed by atoms with van der Waals surface area (Å²) in [6, 6.07) is 19.7. The van der Waals surface area contributed by atoms with E-state index in [2.05, 4.69) is 39.8 Å². The molecule has 0 aliphatic carbocycles. The van der Waals surface area contributed by atoms with Crippen molar-refractivity contribution in [3.8, 4) is 5.75 Å². The second-order valence-electron chi connectivity index (χ2n) is 8.10. The second kappa shape index (κ2) is 10.5. The molecule has 2 amide bonds. The highest BCUT2D eigenvalue weighted by Crippen LogP contribution is 2.29. The topological polar surface area (TPSA) is 79.9 Å². The number of anilines is 1. The van der Waals surface area contributed by atoms with Crippen molar-refractivity contribution < 1.29 is 19.1 Å². The summed E-state index contributed by atoms with van der Waals surface area (Å²) in [5.41, 5.74) is 2.54. The van der Waals surface area contributed by atoms with Gasteiger partial charge in [0.2, 0.25) is 0 Å². The lowest BCUT2D eigenvalue weighted by Gasteiger charge is -2.35. The fourth-order valence-electron chi connectivity index (χ4n) is 4.23. The molecular weight excluding hydrogens is 418 g/mol. The Morgan fingerprint density at radius 2 is 1.79 bits per heavy atom. The van der Waals surface area contributed by atoms with Gasteiger partial charge in [0.1, 0.15) is 5.75 Å². The van der Waals surface area contributed by atoms with E-state index in [0.717, 1.165) is 35.0 Å². The number of nitrogens with one attached hydrogen (secondary N) is 2. The van der Waals surface area contributed by atoms with Crippen LogP contribution in [0.2, 0.25) is 0 Å². The Balaban J connectivity index is 1.52. The molecule has 2 N–H and O–H groups in total. The van der Waals surface area contributed by atoms with Crippen molar-refractivity contribution in [3.05, 3.63) is 71.8 Å². The molecule has 4 rings (SSSR count). The Morgan fingerprint density at radius 1 is 1.03 bits per heavy atom. The summed E-state index contributed by atoms with van der Waals surface area (Å²) in [5.74, 6) is -0.904. The van der Waals surface area contributed by atoms with Crippen LogP contribution in [0.5, 0.6) is 5.75 Å². The number of morpholine rings is 1. The second-order valence-corrected chi connectivity index (χ2v) is 8.10. The molecule has 33 heavy (non-hydrogen) atoms. The Kier molecular flexibility index (Phi) is 7.22. The van der Waals surface area contributed by atoms with Gasteiger partial charge in [0, 0.05) is 19.6 Å². The van der Waals surface area contributed by atoms with Crippen molar-refractivity contribution in [2.75, 3.05) is 45.3 Å². The number of nitrogens with zero attached hydrogens (tertiary/aromatic N) is 1. The minimum atomic E-state index is -0.724. The zero-order chi connectivity index (χ0) is 23.2. The van der Waals surface area contributed by atoms with Crippen LogP contribution in [-0.2, 0) is 14.3 Å². The number of ether oxygens (including phenoxy) is 2. The average molecular weight is 448 g/mol. The van der Waals surface area contributed by atoms with Crippen LogP contribution in [0.3, 0.4) is 0 Å². The van der Waals surface area contributed by atoms with Gasteiger partial charge in [-0.1, -0.05) is 48.5 Å². The molecule has 172 valence electrons. The minimum absolute atomic E-state index is 0.0785. The molecule has 3 aromatic rings. The van der Waals surface area contributed by atoms with E-state index in [-0.39, 0.29) is 6.04 Å². The van der Waals surface area contributed by atoms with E-state index in [0.29, 0.717) is 31.2 Å². The maximum Gasteiger partial charge on any atom is 0.313 e. The molecule has 7 nitrogen and oxygen atoms in total. The molecule has 1 heterocycles. The van der Waals surface area contributed by atoms with Gasteiger partial charge in [-0.05, 0) is 41.0 Å². The number of carbonyl (C=O) groups excluding carboxylic acids is 2. The predicted octanol–water partition coefficient (Wildman–Crippen LogP) is 3.29. The van der Waals surface area contributed by atoms with E-state index in [9.17, 15) is 9.59 Å². The largest absolute Gasteiger partial charge is 0.495 e. The van der Waals surface area contributed by atoms with Crippen LogP contribution in [0.4, 0.5) is 5.69 Å². The lowest BCUT2D eigenvalue weighted by Crippen LogP contribution is -2.45. The van der Waals surface area contributed by atoms with Gasteiger partial charge in [-0.3, -0.25) is 14.5 Å². The Morgan fingerprint density at radius 3 is 2.58 bits per heavy atom. The van der Waals surface area contributed by atoms with Crippen LogP contribution in [0.1, 0.15) is 17.2 Å². The average Bonchev–Trinajstić information content (AvgIpc) is 2.85. The summed E-state index contributed by atoms with van der Waals surface area (Å²) in [4.78, 5) is 27.6. The third-order valence-corrected chi connectivity index (χ3v) is 5.93. The number of hydrogen-bond donors (Lipinski definition) is 2. The smallest absolute Gasteiger partial charge is 0.313 e. The highest BCUT2D eigenvalue weighted by Gasteiger charge is 2.26. The monoisotopic (exact) mass is 447 g/mol. The molecule has 1 aliphatic rings. The quantitative estimate of drug-likeness (QED) is 0.567. The predicted molar refractivity (Wildman–Crippen MR) is 128 cm³/mol. The number of methoxy groups -OCH3 is 1. The number of benzene rings is 3. The summed E-state index contributed by atoms with van der Waals surface area (Å²) < 4.78 is 10.8.